The molecule has 2 heterocycles. The number of anilines is 1. The zero-order valence-electron chi connectivity index (χ0n) is 13.0. The molecule has 120 valence electrons. The Balaban J connectivity index is 1.88. The highest BCUT2D eigenvalue weighted by molar-refractivity contribution is 7.10. The first-order valence-corrected chi connectivity index (χ1v) is 8.51. The molecule has 0 bridgehead atoms. The van der Waals surface area contributed by atoms with Crippen LogP contribution in [0.25, 0.3) is 0 Å². The van der Waals surface area contributed by atoms with Gasteiger partial charge in [-0.05, 0) is 42.9 Å². The first kappa shape index (κ1) is 15.7. The number of amides is 2. The van der Waals surface area contributed by atoms with Crippen LogP contribution in [0.5, 0.6) is 0 Å². The predicted molar refractivity (Wildman–Crippen MR) is 90.2 cm³/mol. The molecule has 23 heavy (non-hydrogen) atoms. The monoisotopic (exact) mass is 329 g/mol. The highest BCUT2D eigenvalue weighted by Gasteiger charge is 2.32. The lowest BCUT2D eigenvalue weighted by Crippen LogP contribution is -2.43. The second-order valence-electron chi connectivity index (χ2n) is 5.68. The molecule has 1 N–H and O–H groups in total. The number of nitrogens with zero attached hydrogens (tertiary/aromatic N) is 2. The van der Waals surface area contributed by atoms with Crippen LogP contribution < -0.4 is 5.32 Å². The molecule has 1 aromatic carbocycles. The number of rotatable bonds is 4. The quantitative estimate of drug-likeness (QED) is 0.937. The number of piperidine rings is 1. The normalized spacial score (nSPS) is 16.2. The van der Waals surface area contributed by atoms with Gasteiger partial charge < -0.3 is 10.2 Å². The summed E-state index contributed by atoms with van der Waals surface area (Å²) in [5.41, 5.74) is 1.71. The van der Waals surface area contributed by atoms with E-state index in [1.165, 1.54) is 11.5 Å². The van der Waals surface area contributed by atoms with Crippen LogP contribution in [0.3, 0.4) is 0 Å². The number of aromatic nitrogens is 1. The summed E-state index contributed by atoms with van der Waals surface area (Å²) in [6.45, 7) is 2.50. The summed E-state index contributed by atoms with van der Waals surface area (Å²) in [6.07, 6.45) is 2.34. The van der Waals surface area contributed by atoms with Crippen molar-refractivity contribution in [1.29, 1.82) is 0 Å². The van der Waals surface area contributed by atoms with Gasteiger partial charge in [0.25, 0.3) is 5.91 Å². The zero-order chi connectivity index (χ0) is 16.2. The number of aryl methyl sites for hydroxylation is 1. The van der Waals surface area contributed by atoms with Crippen LogP contribution in [0.4, 0.5) is 5.00 Å². The Hall–Kier alpha value is -2.21. The lowest BCUT2D eigenvalue weighted by atomic mass is 10.0. The van der Waals surface area contributed by atoms with Gasteiger partial charge in [-0.25, -0.2) is 0 Å². The predicted octanol–water partition coefficient (Wildman–Crippen LogP) is 3.14. The number of hydrogen-bond acceptors (Lipinski definition) is 4. The minimum Gasteiger partial charge on any atom is -0.327 e. The van der Waals surface area contributed by atoms with Crippen LogP contribution in [0.2, 0.25) is 0 Å². The standard InChI is InChI=1S/C17H19N3O2S/c1-12-11-14(23-19-12)18-17(22)16(13-7-3-2-4-8-13)20-10-6-5-9-15(20)21/h2-4,7-8,11,16H,5-6,9-10H2,1H3,(H,18,22)/t16-/m1/s1. The van der Waals surface area contributed by atoms with Crippen molar-refractivity contribution >= 4 is 28.3 Å². The molecular weight excluding hydrogens is 310 g/mol. The van der Waals surface area contributed by atoms with E-state index < -0.39 is 6.04 Å². The van der Waals surface area contributed by atoms with E-state index in [4.69, 9.17) is 0 Å². The summed E-state index contributed by atoms with van der Waals surface area (Å²) in [5.74, 6) is -0.143. The van der Waals surface area contributed by atoms with Crippen LogP contribution in [-0.2, 0) is 9.59 Å². The van der Waals surface area contributed by atoms with Gasteiger partial charge in [-0.2, -0.15) is 4.37 Å². The van der Waals surface area contributed by atoms with E-state index in [0.717, 1.165) is 24.1 Å². The molecule has 1 aliphatic heterocycles. The molecule has 1 fully saturated rings. The first-order chi connectivity index (χ1) is 11.1. The van der Waals surface area contributed by atoms with E-state index in [2.05, 4.69) is 9.69 Å². The van der Waals surface area contributed by atoms with E-state index >= 15 is 0 Å². The summed E-state index contributed by atoms with van der Waals surface area (Å²) in [4.78, 5) is 26.8. The van der Waals surface area contributed by atoms with Crippen LogP contribution in [0, 0.1) is 6.92 Å². The molecular formula is C17H19N3O2S. The maximum atomic E-state index is 12.8. The average Bonchev–Trinajstić information content (AvgIpc) is 2.95. The van der Waals surface area contributed by atoms with E-state index in [1.807, 2.05) is 43.3 Å². The highest BCUT2D eigenvalue weighted by Crippen LogP contribution is 2.27. The van der Waals surface area contributed by atoms with Crippen molar-refractivity contribution in [3.63, 3.8) is 0 Å². The maximum Gasteiger partial charge on any atom is 0.252 e. The third-order valence-electron chi connectivity index (χ3n) is 3.91. The number of hydrogen-bond donors (Lipinski definition) is 1. The number of carbonyl (C=O) groups is 2. The summed E-state index contributed by atoms with van der Waals surface area (Å²) in [6, 6.07) is 10.7. The van der Waals surface area contributed by atoms with Crippen molar-refractivity contribution in [2.24, 2.45) is 0 Å². The van der Waals surface area contributed by atoms with Crippen molar-refractivity contribution in [3.05, 3.63) is 47.7 Å². The van der Waals surface area contributed by atoms with Gasteiger partial charge in [0, 0.05) is 13.0 Å². The smallest absolute Gasteiger partial charge is 0.252 e. The molecule has 0 spiro atoms. The second kappa shape index (κ2) is 6.91. The molecule has 1 aliphatic rings. The van der Waals surface area contributed by atoms with Crippen LogP contribution in [0.15, 0.2) is 36.4 Å². The molecule has 1 saturated heterocycles. The fourth-order valence-corrected chi connectivity index (χ4v) is 3.48. The second-order valence-corrected chi connectivity index (χ2v) is 6.48. The van der Waals surface area contributed by atoms with Gasteiger partial charge in [0.2, 0.25) is 5.91 Å². The Labute approximate surface area is 139 Å². The van der Waals surface area contributed by atoms with Crippen LogP contribution in [-0.4, -0.2) is 27.6 Å². The maximum absolute atomic E-state index is 12.8. The molecule has 5 nitrogen and oxygen atoms in total. The molecule has 2 aromatic rings. The SMILES string of the molecule is Cc1cc(NC(=O)[C@@H](c2ccccc2)N2CCCCC2=O)sn1. The van der Waals surface area contributed by atoms with Crippen LogP contribution >= 0.6 is 11.5 Å². The topological polar surface area (TPSA) is 62.3 Å². The molecule has 1 atom stereocenters. The van der Waals surface area contributed by atoms with Crippen molar-refractivity contribution in [2.75, 3.05) is 11.9 Å². The minimum atomic E-state index is -0.591. The Kier molecular flexibility index (Phi) is 4.71. The van der Waals surface area contributed by atoms with Gasteiger partial charge in [-0.1, -0.05) is 30.3 Å². The third kappa shape index (κ3) is 3.59. The largest absolute Gasteiger partial charge is 0.327 e. The Morgan fingerprint density at radius 2 is 2.09 bits per heavy atom. The van der Waals surface area contributed by atoms with Crippen molar-refractivity contribution in [1.82, 2.24) is 9.27 Å². The zero-order valence-corrected chi connectivity index (χ0v) is 13.8. The van der Waals surface area contributed by atoms with Crippen LogP contribution in [0.1, 0.15) is 36.6 Å². The summed E-state index contributed by atoms with van der Waals surface area (Å²) >= 11 is 1.25. The Bertz CT molecular complexity index is 699. The van der Waals surface area contributed by atoms with Gasteiger partial charge in [-0.3, -0.25) is 9.59 Å². The Morgan fingerprint density at radius 3 is 2.74 bits per heavy atom. The summed E-state index contributed by atoms with van der Waals surface area (Å²) in [7, 11) is 0. The van der Waals surface area contributed by atoms with Gasteiger partial charge in [0.1, 0.15) is 11.0 Å². The lowest BCUT2D eigenvalue weighted by molar-refractivity contribution is -0.141. The number of likely N-dealkylation sites (tertiary alicyclic amines) is 1. The fraction of sp³-hybridized carbons (Fsp3) is 0.353. The summed E-state index contributed by atoms with van der Waals surface area (Å²) in [5, 5.41) is 3.61. The molecule has 3 rings (SSSR count). The van der Waals surface area contributed by atoms with Gasteiger partial charge >= 0.3 is 0 Å². The van der Waals surface area contributed by atoms with Crippen molar-refractivity contribution in [3.8, 4) is 0 Å². The molecule has 2 amide bonds. The third-order valence-corrected chi connectivity index (χ3v) is 4.71. The number of nitrogens with one attached hydrogen (secondary N) is 1. The average molecular weight is 329 g/mol. The molecule has 0 unspecified atom stereocenters. The van der Waals surface area contributed by atoms with E-state index in [1.54, 1.807) is 4.90 Å². The minimum absolute atomic E-state index is 0.0424. The molecule has 0 radical (unpaired) electrons. The first-order valence-electron chi connectivity index (χ1n) is 7.74. The van der Waals surface area contributed by atoms with Gasteiger partial charge in [-0.15, -0.1) is 0 Å². The highest BCUT2D eigenvalue weighted by atomic mass is 32.1. The molecule has 0 aliphatic carbocycles. The summed E-state index contributed by atoms with van der Waals surface area (Å²) < 4.78 is 4.18. The molecule has 1 aromatic heterocycles. The Morgan fingerprint density at radius 1 is 1.30 bits per heavy atom. The van der Waals surface area contributed by atoms with Gasteiger partial charge in [0.15, 0.2) is 0 Å². The van der Waals surface area contributed by atoms with Crippen molar-refractivity contribution < 1.29 is 9.59 Å². The molecule has 0 saturated carbocycles. The van der Waals surface area contributed by atoms with Gasteiger partial charge in [0.05, 0.1) is 5.69 Å². The van der Waals surface area contributed by atoms with Crippen molar-refractivity contribution in [2.45, 2.75) is 32.2 Å². The number of benzene rings is 1. The lowest BCUT2D eigenvalue weighted by Gasteiger charge is -2.33. The van der Waals surface area contributed by atoms with E-state index in [-0.39, 0.29) is 11.8 Å². The van der Waals surface area contributed by atoms with E-state index in [0.29, 0.717) is 18.0 Å². The molecule has 6 heteroatoms. The van der Waals surface area contributed by atoms with E-state index in [9.17, 15) is 9.59 Å². The fourth-order valence-electron chi connectivity index (χ4n) is 2.82. The number of carbonyl (C=O) groups excluding carboxylic acids is 2.